The summed E-state index contributed by atoms with van der Waals surface area (Å²) >= 11 is 0. The Morgan fingerprint density at radius 1 is 1.67 bits per heavy atom. The van der Waals surface area contributed by atoms with Crippen LogP contribution in [-0.4, -0.2) is 21.4 Å². The third kappa shape index (κ3) is 1.55. The molecule has 0 unspecified atom stereocenters. The van der Waals surface area contributed by atoms with Crippen molar-refractivity contribution in [3.05, 3.63) is 16.3 Å². The van der Waals surface area contributed by atoms with E-state index in [-0.39, 0.29) is 12.3 Å². The molecule has 1 rings (SSSR count). The Kier molecular flexibility index (Phi) is 2.65. The molecule has 1 aromatic rings. The predicted molar refractivity (Wildman–Crippen MR) is 42.6 cm³/mol. The van der Waals surface area contributed by atoms with Crippen LogP contribution in [0.25, 0.3) is 0 Å². The molecule has 68 valence electrons. The molecule has 5 heteroatoms. The van der Waals surface area contributed by atoms with Crippen LogP contribution in [0, 0.1) is 0 Å². The molecule has 0 fully saturated rings. The molecule has 0 atom stereocenters. The van der Waals surface area contributed by atoms with Gasteiger partial charge in [-0.25, -0.2) is 4.79 Å². The van der Waals surface area contributed by atoms with Gasteiger partial charge in [-0.15, -0.1) is 4.68 Å². The highest BCUT2D eigenvalue weighted by Gasteiger charge is 2.12. The Hall–Kier alpha value is -1.10. The molecule has 0 saturated carbocycles. The quantitative estimate of drug-likeness (QED) is 0.543. The van der Waals surface area contributed by atoms with Gasteiger partial charge in [0.2, 0.25) is 0 Å². The summed E-state index contributed by atoms with van der Waals surface area (Å²) in [7, 11) is 3.51. The van der Waals surface area contributed by atoms with Crippen LogP contribution < -0.4 is 10.4 Å². The van der Waals surface area contributed by atoms with Crippen LogP contribution in [0.15, 0.2) is 4.79 Å². The normalized spacial score (nSPS) is 10.6. The SMILES string of the molecule is Cn1c(=O)[nH]c(CCCO)[n+]1C. The highest BCUT2D eigenvalue weighted by molar-refractivity contribution is 4.73. The fraction of sp³-hybridized carbons (Fsp3) is 0.714. The third-order valence-corrected chi connectivity index (χ3v) is 1.96. The lowest BCUT2D eigenvalue weighted by atomic mass is 10.3. The monoisotopic (exact) mass is 172 g/mol. The second kappa shape index (κ2) is 3.53. The van der Waals surface area contributed by atoms with Gasteiger partial charge in [0, 0.05) is 6.61 Å². The average molecular weight is 172 g/mol. The maximum atomic E-state index is 11.0. The summed E-state index contributed by atoms with van der Waals surface area (Å²) in [4.78, 5) is 13.8. The van der Waals surface area contributed by atoms with Crippen LogP contribution in [0.4, 0.5) is 0 Å². The van der Waals surface area contributed by atoms with Crippen LogP contribution >= 0.6 is 0 Å². The zero-order valence-corrected chi connectivity index (χ0v) is 7.37. The summed E-state index contributed by atoms with van der Waals surface area (Å²) < 4.78 is 3.24. The van der Waals surface area contributed by atoms with Crippen molar-refractivity contribution in [1.29, 1.82) is 0 Å². The van der Waals surface area contributed by atoms with Crippen molar-refractivity contribution in [3.63, 3.8) is 0 Å². The molecule has 0 aliphatic heterocycles. The van der Waals surface area contributed by atoms with E-state index in [0.29, 0.717) is 12.8 Å². The van der Waals surface area contributed by atoms with Gasteiger partial charge in [0.1, 0.15) is 7.05 Å². The lowest BCUT2D eigenvalue weighted by Gasteiger charge is -1.93. The van der Waals surface area contributed by atoms with Crippen LogP contribution in [0.3, 0.4) is 0 Å². The summed E-state index contributed by atoms with van der Waals surface area (Å²) in [5, 5.41) is 8.59. The number of H-pyrrole nitrogens is 1. The Morgan fingerprint density at radius 3 is 2.75 bits per heavy atom. The lowest BCUT2D eigenvalue weighted by molar-refractivity contribution is -0.759. The average Bonchev–Trinajstić information content (AvgIpc) is 2.30. The fourth-order valence-electron chi connectivity index (χ4n) is 1.07. The summed E-state index contributed by atoms with van der Waals surface area (Å²) in [6.07, 6.45) is 1.37. The molecule has 2 N–H and O–H groups in total. The molecule has 5 nitrogen and oxygen atoms in total. The van der Waals surface area contributed by atoms with E-state index in [9.17, 15) is 4.79 Å². The van der Waals surface area contributed by atoms with Crippen molar-refractivity contribution < 1.29 is 9.79 Å². The number of aliphatic hydroxyl groups excluding tert-OH is 1. The van der Waals surface area contributed by atoms with Gasteiger partial charge in [-0.05, 0) is 6.42 Å². The van der Waals surface area contributed by atoms with E-state index >= 15 is 0 Å². The van der Waals surface area contributed by atoms with Crippen molar-refractivity contribution in [2.45, 2.75) is 12.8 Å². The zero-order chi connectivity index (χ0) is 9.14. The van der Waals surface area contributed by atoms with E-state index in [0.717, 1.165) is 5.82 Å². The number of hydrogen-bond acceptors (Lipinski definition) is 2. The summed E-state index contributed by atoms with van der Waals surface area (Å²) in [5.41, 5.74) is -0.120. The van der Waals surface area contributed by atoms with Crippen molar-refractivity contribution >= 4 is 0 Å². The third-order valence-electron chi connectivity index (χ3n) is 1.96. The lowest BCUT2D eigenvalue weighted by Crippen LogP contribution is -2.43. The Morgan fingerprint density at radius 2 is 2.33 bits per heavy atom. The molecule has 0 bridgehead atoms. The maximum absolute atomic E-state index is 11.0. The van der Waals surface area contributed by atoms with Gasteiger partial charge in [-0.3, -0.25) is 0 Å². The molecule has 1 heterocycles. The molecule has 0 aromatic carbocycles. The largest absolute Gasteiger partial charge is 0.443 e. The minimum Gasteiger partial charge on any atom is -0.396 e. The standard InChI is InChI=1S/C7H13N3O2/c1-9-6(4-3-5-11)8-7(12)10(9)2/h11H,3-5H2,1-2H3/p+1. The van der Waals surface area contributed by atoms with Crippen LogP contribution in [0.1, 0.15) is 12.2 Å². The van der Waals surface area contributed by atoms with Gasteiger partial charge in [0.05, 0.1) is 13.5 Å². The van der Waals surface area contributed by atoms with Gasteiger partial charge >= 0.3 is 5.69 Å². The van der Waals surface area contributed by atoms with E-state index in [1.54, 1.807) is 11.7 Å². The second-order valence-electron chi connectivity index (χ2n) is 2.75. The van der Waals surface area contributed by atoms with Crippen molar-refractivity contribution in [2.24, 2.45) is 14.1 Å². The van der Waals surface area contributed by atoms with Crippen molar-refractivity contribution in [3.8, 4) is 0 Å². The Balaban J connectivity index is 2.86. The van der Waals surface area contributed by atoms with Gasteiger partial charge < -0.3 is 5.11 Å². The van der Waals surface area contributed by atoms with Gasteiger partial charge in [-0.1, -0.05) is 0 Å². The first-order chi connectivity index (χ1) is 5.66. The second-order valence-corrected chi connectivity index (χ2v) is 2.75. The molecule has 0 amide bonds. The first kappa shape index (κ1) is 8.99. The van der Waals surface area contributed by atoms with Gasteiger partial charge in [0.25, 0.3) is 5.82 Å². The van der Waals surface area contributed by atoms with E-state index in [2.05, 4.69) is 4.98 Å². The van der Waals surface area contributed by atoms with Crippen LogP contribution in [0.5, 0.6) is 0 Å². The molecule has 0 aliphatic carbocycles. The number of hydrogen-bond donors (Lipinski definition) is 2. The number of nitrogens with zero attached hydrogens (tertiary/aromatic N) is 2. The maximum Gasteiger partial charge on any atom is 0.443 e. The van der Waals surface area contributed by atoms with Gasteiger partial charge in [0.15, 0.2) is 0 Å². The number of aryl methyl sites for hydroxylation is 1. The summed E-state index contributed by atoms with van der Waals surface area (Å²) in [5.74, 6) is 0.844. The summed E-state index contributed by atoms with van der Waals surface area (Å²) in [6, 6.07) is 0. The molecule has 12 heavy (non-hydrogen) atoms. The van der Waals surface area contributed by atoms with Crippen molar-refractivity contribution in [2.75, 3.05) is 6.61 Å². The van der Waals surface area contributed by atoms with Gasteiger partial charge in [-0.2, -0.15) is 9.67 Å². The molecule has 0 spiro atoms. The fourth-order valence-corrected chi connectivity index (χ4v) is 1.07. The van der Waals surface area contributed by atoms with Crippen LogP contribution in [-0.2, 0) is 20.5 Å². The number of aromatic nitrogens is 3. The first-order valence-electron chi connectivity index (χ1n) is 3.92. The number of aromatic amines is 1. The highest BCUT2D eigenvalue weighted by Crippen LogP contribution is 1.88. The molecule has 0 aliphatic rings. The van der Waals surface area contributed by atoms with E-state index in [1.807, 2.05) is 7.05 Å². The zero-order valence-electron chi connectivity index (χ0n) is 7.37. The van der Waals surface area contributed by atoms with E-state index in [1.165, 1.54) is 4.68 Å². The van der Waals surface area contributed by atoms with E-state index < -0.39 is 0 Å². The number of nitrogens with one attached hydrogen (secondary N) is 1. The number of aliphatic hydroxyl groups is 1. The topological polar surface area (TPSA) is 61.9 Å². The van der Waals surface area contributed by atoms with Crippen LogP contribution in [0.2, 0.25) is 0 Å². The van der Waals surface area contributed by atoms with E-state index in [4.69, 9.17) is 5.11 Å². The molecular weight excluding hydrogens is 158 g/mol. The number of rotatable bonds is 3. The molecule has 1 aromatic heterocycles. The minimum absolute atomic E-state index is 0.120. The molecule has 0 saturated heterocycles. The highest BCUT2D eigenvalue weighted by atomic mass is 16.3. The molecular formula is C7H14N3O2+. The summed E-state index contributed by atoms with van der Waals surface area (Å²) in [6.45, 7) is 0.150. The predicted octanol–water partition coefficient (Wildman–Crippen LogP) is -1.54. The Labute approximate surface area is 70.2 Å². The van der Waals surface area contributed by atoms with Crippen molar-refractivity contribution in [1.82, 2.24) is 9.67 Å². The first-order valence-corrected chi connectivity index (χ1v) is 3.92. The molecule has 0 radical (unpaired) electrons. The minimum atomic E-state index is -0.120. The Bertz CT molecular complexity index is 313. The smallest absolute Gasteiger partial charge is 0.396 e.